The molecule has 92 valence electrons. The number of hydrogen-bond donors (Lipinski definition) is 2. The molecular formula is C13H17NO3. The molecule has 0 spiro atoms. The number of para-hydroxylation sites is 1. The fraction of sp³-hybridized carbons (Fsp3) is 0.462. The van der Waals surface area contributed by atoms with Crippen molar-refractivity contribution in [3.05, 3.63) is 23.8 Å². The molecule has 2 rings (SSSR count). The highest BCUT2D eigenvalue weighted by Gasteiger charge is 2.40. The number of carbonyl (C=O) groups is 1. The Balaban J connectivity index is 2.30. The van der Waals surface area contributed by atoms with Gasteiger partial charge in [-0.15, -0.1) is 0 Å². The van der Waals surface area contributed by atoms with E-state index in [2.05, 4.69) is 5.32 Å². The summed E-state index contributed by atoms with van der Waals surface area (Å²) in [6.45, 7) is 3.48. The van der Waals surface area contributed by atoms with Crippen LogP contribution in [-0.2, 0) is 11.2 Å². The number of carboxylic acids is 1. The maximum absolute atomic E-state index is 11.2. The molecule has 1 aliphatic rings. The van der Waals surface area contributed by atoms with Crippen LogP contribution >= 0.6 is 0 Å². The van der Waals surface area contributed by atoms with Gasteiger partial charge in [0.2, 0.25) is 0 Å². The predicted molar refractivity (Wildman–Crippen MR) is 65.5 cm³/mol. The van der Waals surface area contributed by atoms with Gasteiger partial charge in [0, 0.05) is 6.04 Å². The van der Waals surface area contributed by atoms with E-state index in [0.29, 0.717) is 6.42 Å². The Morgan fingerprint density at radius 1 is 1.53 bits per heavy atom. The first-order valence-electron chi connectivity index (χ1n) is 5.62. The molecule has 0 aromatic heterocycles. The van der Waals surface area contributed by atoms with Crippen LogP contribution in [0.2, 0.25) is 0 Å². The van der Waals surface area contributed by atoms with Crippen LogP contribution in [0.3, 0.4) is 0 Å². The zero-order valence-electron chi connectivity index (χ0n) is 10.3. The van der Waals surface area contributed by atoms with Crippen molar-refractivity contribution >= 4 is 11.7 Å². The second kappa shape index (κ2) is 3.95. The van der Waals surface area contributed by atoms with Gasteiger partial charge in [-0.1, -0.05) is 12.1 Å². The summed E-state index contributed by atoms with van der Waals surface area (Å²) in [5.41, 5.74) is 1.24. The van der Waals surface area contributed by atoms with Gasteiger partial charge in [0.15, 0.2) is 0 Å². The summed E-state index contributed by atoms with van der Waals surface area (Å²) >= 11 is 0. The highest BCUT2D eigenvalue weighted by atomic mass is 16.5. The fourth-order valence-electron chi connectivity index (χ4n) is 2.11. The highest BCUT2D eigenvalue weighted by molar-refractivity contribution is 5.77. The monoisotopic (exact) mass is 235 g/mol. The highest BCUT2D eigenvalue weighted by Crippen LogP contribution is 2.39. The predicted octanol–water partition coefficient (Wildman–Crippen LogP) is 2.14. The number of fused-ring (bicyclic) bond motifs is 1. The van der Waals surface area contributed by atoms with Gasteiger partial charge in [-0.05, 0) is 31.9 Å². The average Bonchev–Trinajstić information content (AvgIpc) is 2.72. The first-order valence-corrected chi connectivity index (χ1v) is 5.62. The molecule has 1 aromatic rings. The van der Waals surface area contributed by atoms with E-state index >= 15 is 0 Å². The average molecular weight is 235 g/mol. The Bertz CT molecular complexity index is 454. The third-order valence-electron chi connectivity index (χ3n) is 3.50. The topological polar surface area (TPSA) is 58.6 Å². The molecule has 0 bridgehead atoms. The lowest BCUT2D eigenvalue weighted by Crippen LogP contribution is -2.41. The second-order valence-corrected chi connectivity index (χ2v) is 4.92. The van der Waals surface area contributed by atoms with E-state index in [1.54, 1.807) is 21.0 Å². The molecule has 0 saturated carbocycles. The Labute approximate surface area is 101 Å². The molecule has 0 fully saturated rings. The Morgan fingerprint density at radius 2 is 2.24 bits per heavy atom. The van der Waals surface area contributed by atoms with E-state index in [0.717, 1.165) is 17.0 Å². The zero-order chi connectivity index (χ0) is 12.6. The molecule has 2 N–H and O–H groups in total. The number of methoxy groups -OCH3 is 1. The Hall–Kier alpha value is -1.71. The summed E-state index contributed by atoms with van der Waals surface area (Å²) < 4.78 is 5.27. The minimum atomic E-state index is -0.802. The molecular weight excluding hydrogens is 218 g/mol. The SMILES string of the molecule is COc1cccc2c1NC(C(C)(C)C(=O)O)C2. The second-order valence-electron chi connectivity index (χ2n) is 4.92. The summed E-state index contributed by atoms with van der Waals surface area (Å²) in [5, 5.41) is 12.5. The van der Waals surface area contributed by atoms with Gasteiger partial charge in [0.05, 0.1) is 18.2 Å². The molecule has 0 radical (unpaired) electrons. The summed E-state index contributed by atoms with van der Waals surface area (Å²) in [5.74, 6) is -0.0204. The van der Waals surface area contributed by atoms with Crippen LogP contribution in [0.15, 0.2) is 18.2 Å². The summed E-state index contributed by atoms with van der Waals surface area (Å²) in [6, 6.07) is 5.70. The fourth-order valence-corrected chi connectivity index (χ4v) is 2.11. The lowest BCUT2D eigenvalue weighted by molar-refractivity contribution is -0.147. The lowest BCUT2D eigenvalue weighted by Gasteiger charge is -2.27. The van der Waals surface area contributed by atoms with Gasteiger partial charge in [0.25, 0.3) is 0 Å². The van der Waals surface area contributed by atoms with Crippen molar-refractivity contribution in [2.75, 3.05) is 12.4 Å². The molecule has 4 heteroatoms. The molecule has 0 amide bonds. The van der Waals surface area contributed by atoms with Gasteiger partial charge in [-0.2, -0.15) is 0 Å². The number of rotatable bonds is 3. The maximum Gasteiger partial charge on any atom is 0.311 e. The minimum absolute atomic E-state index is 0.105. The molecule has 17 heavy (non-hydrogen) atoms. The molecule has 1 aromatic carbocycles. The van der Waals surface area contributed by atoms with Crippen LogP contribution in [-0.4, -0.2) is 24.2 Å². The van der Waals surface area contributed by atoms with Crippen LogP contribution in [0.25, 0.3) is 0 Å². The van der Waals surface area contributed by atoms with Crippen molar-refractivity contribution in [3.63, 3.8) is 0 Å². The zero-order valence-corrected chi connectivity index (χ0v) is 10.3. The number of carboxylic acid groups (broad SMARTS) is 1. The van der Waals surface area contributed by atoms with Crippen LogP contribution in [0.5, 0.6) is 5.75 Å². The Kier molecular flexibility index (Phi) is 2.73. The number of benzene rings is 1. The molecule has 1 unspecified atom stereocenters. The number of nitrogens with one attached hydrogen (secondary N) is 1. The van der Waals surface area contributed by atoms with Crippen molar-refractivity contribution in [2.45, 2.75) is 26.3 Å². The number of aliphatic carboxylic acids is 1. The van der Waals surface area contributed by atoms with Crippen LogP contribution < -0.4 is 10.1 Å². The van der Waals surface area contributed by atoms with E-state index in [9.17, 15) is 9.90 Å². The van der Waals surface area contributed by atoms with E-state index < -0.39 is 11.4 Å². The van der Waals surface area contributed by atoms with Gasteiger partial charge in [-0.25, -0.2) is 0 Å². The third kappa shape index (κ3) is 1.84. The summed E-state index contributed by atoms with van der Waals surface area (Å²) in [6.07, 6.45) is 0.714. The van der Waals surface area contributed by atoms with Gasteiger partial charge < -0.3 is 15.2 Å². The van der Waals surface area contributed by atoms with Crippen molar-refractivity contribution in [3.8, 4) is 5.75 Å². The standard InChI is InChI=1S/C13H17NO3/c1-13(2,12(15)16)10-7-8-5-4-6-9(17-3)11(8)14-10/h4-6,10,14H,7H2,1-3H3,(H,15,16). The molecule has 0 aliphatic carbocycles. The summed E-state index contributed by atoms with van der Waals surface area (Å²) in [7, 11) is 1.62. The first kappa shape index (κ1) is 11.8. The molecule has 1 heterocycles. The van der Waals surface area contributed by atoms with E-state index in [4.69, 9.17) is 4.74 Å². The van der Waals surface area contributed by atoms with Crippen molar-refractivity contribution in [2.24, 2.45) is 5.41 Å². The van der Waals surface area contributed by atoms with E-state index in [1.807, 2.05) is 18.2 Å². The van der Waals surface area contributed by atoms with E-state index in [-0.39, 0.29) is 6.04 Å². The molecule has 1 atom stereocenters. The normalized spacial score (nSPS) is 18.4. The smallest absolute Gasteiger partial charge is 0.311 e. The van der Waals surface area contributed by atoms with Crippen molar-refractivity contribution in [1.82, 2.24) is 0 Å². The Morgan fingerprint density at radius 3 is 2.82 bits per heavy atom. The number of ether oxygens (including phenoxy) is 1. The summed E-state index contributed by atoms with van der Waals surface area (Å²) in [4.78, 5) is 11.2. The quantitative estimate of drug-likeness (QED) is 0.842. The molecule has 4 nitrogen and oxygen atoms in total. The van der Waals surface area contributed by atoms with Crippen LogP contribution in [0.1, 0.15) is 19.4 Å². The van der Waals surface area contributed by atoms with Crippen LogP contribution in [0, 0.1) is 5.41 Å². The minimum Gasteiger partial charge on any atom is -0.495 e. The lowest BCUT2D eigenvalue weighted by atomic mass is 9.83. The third-order valence-corrected chi connectivity index (χ3v) is 3.50. The number of anilines is 1. The number of hydrogen-bond acceptors (Lipinski definition) is 3. The maximum atomic E-state index is 11.2. The van der Waals surface area contributed by atoms with Gasteiger partial charge >= 0.3 is 5.97 Å². The van der Waals surface area contributed by atoms with Crippen LogP contribution in [0.4, 0.5) is 5.69 Å². The first-order chi connectivity index (χ1) is 7.96. The van der Waals surface area contributed by atoms with Crippen molar-refractivity contribution < 1.29 is 14.6 Å². The largest absolute Gasteiger partial charge is 0.495 e. The van der Waals surface area contributed by atoms with Crippen molar-refractivity contribution in [1.29, 1.82) is 0 Å². The molecule has 1 aliphatic heterocycles. The van der Waals surface area contributed by atoms with E-state index in [1.165, 1.54) is 0 Å². The van der Waals surface area contributed by atoms with Gasteiger partial charge in [0.1, 0.15) is 5.75 Å². The van der Waals surface area contributed by atoms with Gasteiger partial charge in [-0.3, -0.25) is 4.79 Å². The molecule has 0 saturated heterocycles.